The van der Waals surface area contributed by atoms with Gasteiger partial charge >= 0.3 is 0 Å². The van der Waals surface area contributed by atoms with Gasteiger partial charge in [-0.15, -0.1) is 0 Å². The molecule has 8 nitrogen and oxygen atoms in total. The third-order valence-corrected chi connectivity index (χ3v) is 4.52. The van der Waals surface area contributed by atoms with Crippen LogP contribution < -0.4 is 15.2 Å². The lowest BCUT2D eigenvalue weighted by Crippen LogP contribution is -2.00. The van der Waals surface area contributed by atoms with Crippen molar-refractivity contribution in [1.29, 1.82) is 0 Å². The van der Waals surface area contributed by atoms with Gasteiger partial charge in [-0.25, -0.2) is 9.97 Å². The van der Waals surface area contributed by atoms with Crippen LogP contribution in [0.4, 0.5) is 5.69 Å². The summed E-state index contributed by atoms with van der Waals surface area (Å²) in [4.78, 5) is 19.5. The Balaban J connectivity index is 0.000000161. The number of para-hydroxylation sites is 2. The standard InChI is InChI=1S/2C13H11N3O/c1-9-7-11-12(16-9)13(15-8-14-11)17-10-5-3-2-4-6-10;1-2-6-11-12(14)13(16-9-15-11)17-10-7-4-3-5-8-10/h2-8,16H,1H3;3-5,7-9H,14H2,1H3. The van der Waals surface area contributed by atoms with Crippen molar-refractivity contribution in [2.75, 3.05) is 5.73 Å². The van der Waals surface area contributed by atoms with Crippen molar-refractivity contribution in [1.82, 2.24) is 24.9 Å². The fraction of sp³-hybridized carbons (Fsp3) is 0.0769. The van der Waals surface area contributed by atoms with Crippen LogP contribution in [0.2, 0.25) is 0 Å². The number of nitrogens with one attached hydrogen (secondary N) is 1. The molecule has 0 saturated heterocycles. The van der Waals surface area contributed by atoms with Crippen molar-refractivity contribution in [3.05, 3.63) is 90.8 Å². The molecule has 0 unspecified atom stereocenters. The number of aromatic nitrogens is 5. The summed E-state index contributed by atoms with van der Waals surface area (Å²) < 4.78 is 11.3. The molecular weight excluding hydrogens is 428 g/mol. The molecule has 0 bridgehead atoms. The van der Waals surface area contributed by atoms with Gasteiger partial charge in [-0.3, -0.25) is 0 Å². The van der Waals surface area contributed by atoms with Crippen molar-refractivity contribution in [3.63, 3.8) is 0 Å². The van der Waals surface area contributed by atoms with Crippen molar-refractivity contribution >= 4 is 16.7 Å². The minimum absolute atomic E-state index is 0.323. The van der Waals surface area contributed by atoms with E-state index >= 15 is 0 Å². The first-order valence-corrected chi connectivity index (χ1v) is 10.4. The van der Waals surface area contributed by atoms with Gasteiger partial charge in [0.2, 0.25) is 11.8 Å². The third-order valence-electron chi connectivity index (χ3n) is 4.52. The number of ether oxygens (including phenoxy) is 2. The minimum atomic E-state index is 0.323. The van der Waals surface area contributed by atoms with Gasteiger partial charge in [0, 0.05) is 5.69 Å². The van der Waals surface area contributed by atoms with E-state index in [1.165, 1.54) is 12.7 Å². The van der Waals surface area contributed by atoms with E-state index in [1.54, 1.807) is 6.92 Å². The Hall–Kier alpha value is -4.90. The molecule has 0 aliphatic carbocycles. The lowest BCUT2D eigenvalue weighted by atomic mass is 10.3. The predicted octanol–water partition coefficient (Wildman–Crippen LogP) is 5.28. The zero-order chi connectivity index (χ0) is 23.8. The van der Waals surface area contributed by atoms with Crippen LogP contribution in [-0.2, 0) is 0 Å². The molecule has 3 heterocycles. The molecule has 34 heavy (non-hydrogen) atoms. The van der Waals surface area contributed by atoms with E-state index < -0.39 is 0 Å². The van der Waals surface area contributed by atoms with Crippen LogP contribution in [0.1, 0.15) is 18.3 Å². The van der Waals surface area contributed by atoms with Gasteiger partial charge in [-0.1, -0.05) is 42.3 Å². The van der Waals surface area contributed by atoms with Crippen molar-refractivity contribution in [2.24, 2.45) is 0 Å². The van der Waals surface area contributed by atoms with Crippen LogP contribution >= 0.6 is 0 Å². The highest BCUT2D eigenvalue weighted by Crippen LogP contribution is 2.26. The molecule has 0 atom stereocenters. The number of H-pyrrole nitrogens is 1. The van der Waals surface area contributed by atoms with Gasteiger partial charge in [0.05, 0.1) is 5.52 Å². The van der Waals surface area contributed by atoms with Gasteiger partial charge in [0.15, 0.2) is 0 Å². The van der Waals surface area contributed by atoms with Crippen LogP contribution in [-0.4, -0.2) is 24.9 Å². The van der Waals surface area contributed by atoms with Crippen LogP contribution in [0.5, 0.6) is 23.3 Å². The molecule has 0 aliphatic rings. The number of hydrogen-bond acceptors (Lipinski definition) is 7. The summed E-state index contributed by atoms with van der Waals surface area (Å²) in [7, 11) is 0. The second-order valence-electron chi connectivity index (χ2n) is 7.04. The maximum absolute atomic E-state index is 5.86. The molecule has 3 aromatic heterocycles. The number of benzene rings is 2. The Morgan fingerprint density at radius 1 is 0.794 bits per heavy atom. The Bertz CT molecular complexity index is 1440. The SMILES string of the molecule is CC#Cc1ncnc(Oc2ccccc2)c1N.Cc1cc2ncnc(Oc3ccccc3)c2[nH]1. The van der Waals surface area contributed by atoms with Crippen LogP contribution in [0.25, 0.3) is 11.0 Å². The highest BCUT2D eigenvalue weighted by molar-refractivity contribution is 5.80. The lowest BCUT2D eigenvalue weighted by Gasteiger charge is -2.07. The van der Waals surface area contributed by atoms with Crippen LogP contribution in [0, 0.1) is 18.8 Å². The van der Waals surface area contributed by atoms with Gasteiger partial charge in [0.25, 0.3) is 0 Å². The van der Waals surface area contributed by atoms with E-state index in [2.05, 4.69) is 36.8 Å². The number of nitrogen functional groups attached to an aromatic ring is 1. The van der Waals surface area contributed by atoms with Gasteiger partial charge < -0.3 is 20.2 Å². The maximum atomic E-state index is 5.86. The number of rotatable bonds is 4. The van der Waals surface area contributed by atoms with Gasteiger partial charge in [0.1, 0.15) is 41.1 Å². The van der Waals surface area contributed by atoms with E-state index in [9.17, 15) is 0 Å². The molecule has 0 saturated carbocycles. The summed E-state index contributed by atoms with van der Waals surface area (Å²) in [5.41, 5.74) is 9.43. The number of anilines is 1. The van der Waals surface area contributed by atoms with Crippen molar-refractivity contribution in [2.45, 2.75) is 13.8 Å². The van der Waals surface area contributed by atoms with E-state index in [4.69, 9.17) is 15.2 Å². The highest BCUT2D eigenvalue weighted by atomic mass is 16.5. The molecule has 168 valence electrons. The zero-order valence-corrected chi connectivity index (χ0v) is 18.7. The smallest absolute Gasteiger partial charge is 0.247 e. The van der Waals surface area contributed by atoms with Gasteiger partial charge in [-0.2, -0.15) is 9.97 Å². The third kappa shape index (κ3) is 5.47. The summed E-state index contributed by atoms with van der Waals surface area (Å²) >= 11 is 0. The molecule has 8 heteroatoms. The molecular formula is C26H22N6O2. The molecule has 3 N–H and O–H groups in total. The average Bonchev–Trinajstić information content (AvgIpc) is 3.25. The molecule has 0 fully saturated rings. The van der Waals surface area contributed by atoms with Crippen LogP contribution in [0.15, 0.2) is 79.4 Å². The van der Waals surface area contributed by atoms with E-state index in [0.29, 0.717) is 28.9 Å². The molecule has 2 aromatic carbocycles. The van der Waals surface area contributed by atoms with Gasteiger partial charge in [-0.05, 0) is 50.1 Å². The predicted molar refractivity (Wildman–Crippen MR) is 131 cm³/mol. The summed E-state index contributed by atoms with van der Waals surface area (Å²) in [5.74, 6) is 7.85. The Labute approximate surface area is 196 Å². The number of aryl methyl sites for hydroxylation is 1. The molecule has 5 aromatic rings. The number of aromatic amines is 1. The minimum Gasteiger partial charge on any atom is -0.437 e. The fourth-order valence-corrected chi connectivity index (χ4v) is 3.00. The first-order valence-electron chi connectivity index (χ1n) is 10.4. The van der Waals surface area contributed by atoms with Crippen molar-refractivity contribution in [3.8, 4) is 35.1 Å². The molecule has 5 rings (SSSR count). The van der Waals surface area contributed by atoms with E-state index in [-0.39, 0.29) is 0 Å². The second-order valence-corrected chi connectivity index (χ2v) is 7.04. The number of nitrogens with zero attached hydrogens (tertiary/aromatic N) is 4. The Morgan fingerprint density at radius 3 is 2.03 bits per heavy atom. The topological polar surface area (TPSA) is 112 Å². The molecule has 0 radical (unpaired) electrons. The first kappa shape index (κ1) is 22.3. The normalized spacial score (nSPS) is 9.94. The number of nitrogens with two attached hydrogens (primary N) is 1. The fourth-order valence-electron chi connectivity index (χ4n) is 3.00. The van der Waals surface area contributed by atoms with Crippen LogP contribution in [0.3, 0.4) is 0 Å². The van der Waals surface area contributed by atoms with Crippen molar-refractivity contribution < 1.29 is 9.47 Å². The molecule has 0 spiro atoms. The largest absolute Gasteiger partial charge is 0.437 e. The molecule has 0 amide bonds. The van der Waals surface area contributed by atoms with E-state index in [0.717, 1.165) is 22.5 Å². The summed E-state index contributed by atoms with van der Waals surface area (Å²) in [6, 6.07) is 20.9. The lowest BCUT2D eigenvalue weighted by molar-refractivity contribution is 0.464. The quantitative estimate of drug-likeness (QED) is 0.358. The molecule has 0 aliphatic heterocycles. The van der Waals surface area contributed by atoms with E-state index in [1.807, 2.05) is 73.7 Å². The average molecular weight is 451 g/mol. The zero-order valence-electron chi connectivity index (χ0n) is 18.7. The second kappa shape index (κ2) is 10.6. The number of fused-ring (bicyclic) bond motifs is 1. The Kier molecular flexibility index (Phi) is 6.96. The Morgan fingerprint density at radius 2 is 1.38 bits per heavy atom. The maximum Gasteiger partial charge on any atom is 0.247 e. The summed E-state index contributed by atoms with van der Waals surface area (Å²) in [6.07, 6.45) is 2.89. The highest BCUT2D eigenvalue weighted by Gasteiger charge is 2.09. The number of hydrogen-bond donors (Lipinski definition) is 2. The first-order chi connectivity index (χ1) is 16.6. The summed E-state index contributed by atoms with van der Waals surface area (Å²) in [5, 5.41) is 0. The summed E-state index contributed by atoms with van der Waals surface area (Å²) in [6.45, 7) is 3.70. The monoisotopic (exact) mass is 450 g/mol.